The molecule has 0 aromatic carbocycles. The number of anilines is 1. The van der Waals surface area contributed by atoms with Crippen LogP contribution in [0.5, 0.6) is 0 Å². The lowest BCUT2D eigenvalue weighted by molar-refractivity contribution is 0.0900. The summed E-state index contributed by atoms with van der Waals surface area (Å²) in [6.07, 6.45) is 4.27. The summed E-state index contributed by atoms with van der Waals surface area (Å²) in [5.41, 5.74) is 1.41. The first-order valence-corrected chi connectivity index (χ1v) is 6.05. The molecule has 2 rings (SSSR count). The Labute approximate surface area is 102 Å². The van der Waals surface area contributed by atoms with Gasteiger partial charge in [-0.15, -0.1) is 0 Å². The molecule has 17 heavy (non-hydrogen) atoms. The van der Waals surface area contributed by atoms with Crippen LogP contribution in [0.2, 0.25) is 0 Å². The molecule has 1 aromatic heterocycles. The van der Waals surface area contributed by atoms with Gasteiger partial charge in [0.1, 0.15) is 11.8 Å². The first kappa shape index (κ1) is 11.9. The van der Waals surface area contributed by atoms with Crippen molar-refractivity contribution >= 4 is 5.69 Å². The van der Waals surface area contributed by atoms with Gasteiger partial charge in [-0.1, -0.05) is 6.92 Å². The van der Waals surface area contributed by atoms with Gasteiger partial charge in [0.2, 0.25) is 0 Å². The van der Waals surface area contributed by atoms with Crippen molar-refractivity contribution in [2.45, 2.75) is 25.9 Å². The van der Waals surface area contributed by atoms with Crippen molar-refractivity contribution in [1.82, 2.24) is 4.98 Å². The Morgan fingerprint density at radius 2 is 2.47 bits per heavy atom. The number of aromatic nitrogens is 1. The molecule has 2 unspecified atom stereocenters. The minimum atomic E-state index is 0.383. The Balaban J connectivity index is 1.87. The highest BCUT2D eigenvalue weighted by atomic mass is 16.5. The van der Waals surface area contributed by atoms with Crippen LogP contribution < -0.4 is 5.32 Å². The Bertz CT molecular complexity index is 396. The van der Waals surface area contributed by atoms with Gasteiger partial charge in [0.25, 0.3) is 0 Å². The number of nitrogens with zero attached hydrogens (tertiary/aromatic N) is 2. The Hall–Kier alpha value is -1.60. The van der Waals surface area contributed by atoms with Crippen LogP contribution in [0, 0.1) is 17.2 Å². The van der Waals surface area contributed by atoms with E-state index in [4.69, 9.17) is 10.00 Å². The molecule has 90 valence electrons. The van der Waals surface area contributed by atoms with Gasteiger partial charge in [0.05, 0.1) is 18.0 Å². The second kappa shape index (κ2) is 5.65. The van der Waals surface area contributed by atoms with Crippen molar-refractivity contribution in [1.29, 1.82) is 5.26 Å². The van der Waals surface area contributed by atoms with Crippen LogP contribution in [0.1, 0.15) is 25.5 Å². The van der Waals surface area contributed by atoms with Gasteiger partial charge in [-0.3, -0.25) is 0 Å². The molecule has 1 saturated heterocycles. The molecule has 1 aromatic rings. The summed E-state index contributed by atoms with van der Waals surface area (Å²) in [5, 5.41) is 12.0. The molecule has 1 aliphatic heterocycles. The highest BCUT2D eigenvalue weighted by Gasteiger charge is 2.26. The fourth-order valence-corrected chi connectivity index (χ4v) is 2.19. The quantitative estimate of drug-likeness (QED) is 0.862. The van der Waals surface area contributed by atoms with E-state index in [2.05, 4.69) is 17.2 Å². The fraction of sp³-hybridized carbons (Fsp3) is 0.538. The molecule has 4 heteroatoms. The maximum Gasteiger partial charge on any atom is 0.140 e. The van der Waals surface area contributed by atoms with Crippen LogP contribution in [-0.4, -0.2) is 24.2 Å². The summed E-state index contributed by atoms with van der Waals surface area (Å²) in [7, 11) is 0. The zero-order valence-corrected chi connectivity index (χ0v) is 10.0. The van der Waals surface area contributed by atoms with Gasteiger partial charge in [0, 0.05) is 19.1 Å². The van der Waals surface area contributed by atoms with Crippen LogP contribution >= 0.6 is 0 Å². The van der Waals surface area contributed by atoms with Gasteiger partial charge in [-0.05, 0) is 25.0 Å². The molecule has 0 saturated carbocycles. The third kappa shape index (κ3) is 2.95. The highest BCUT2D eigenvalue weighted by Crippen LogP contribution is 2.23. The lowest BCUT2D eigenvalue weighted by atomic mass is 10.00. The largest absolute Gasteiger partial charge is 0.383 e. The summed E-state index contributed by atoms with van der Waals surface area (Å²) >= 11 is 0. The topological polar surface area (TPSA) is 57.9 Å². The first-order valence-electron chi connectivity index (χ1n) is 6.05. The van der Waals surface area contributed by atoms with Crippen LogP contribution in [0.4, 0.5) is 5.69 Å². The molecule has 1 fully saturated rings. The summed E-state index contributed by atoms with van der Waals surface area (Å²) in [6, 6.07) is 5.63. The van der Waals surface area contributed by atoms with Crippen molar-refractivity contribution in [3.05, 3.63) is 24.0 Å². The van der Waals surface area contributed by atoms with Crippen LogP contribution in [0.25, 0.3) is 0 Å². The number of nitrogens with one attached hydrogen (secondary N) is 1. The maximum absolute atomic E-state index is 8.65. The van der Waals surface area contributed by atoms with Gasteiger partial charge in [-0.25, -0.2) is 4.98 Å². The van der Waals surface area contributed by atoms with Crippen LogP contribution in [0.15, 0.2) is 18.3 Å². The van der Waals surface area contributed by atoms with E-state index in [1.807, 2.05) is 12.1 Å². The highest BCUT2D eigenvalue weighted by molar-refractivity contribution is 5.42. The lowest BCUT2D eigenvalue weighted by Crippen LogP contribution is -2.22. The first-order chi connectivity index (χ1) is 8.33. The number of rotatable bonds is 4. The minimum Gasteiger partial charge on any atom is -0.383 e. The zero-order valence-electron chi connectivity index (χ0n) is 10.0. The van der Waals surface area contributed by atoms with Crippen LogP contribution in [0.3, 0.4) is 0 Å². The number of hydrogen-bond acceptors (Lipinski definition) is 4. The number of ether oxygens (including phenoxy) is 1. The standard InChI is InChI=1S/C13H17N3O/c1-2-13-10(5-6-17-13)8-15-12-4-3-11(7-14)16-9-12/h3-4,9-10,13,15H,2,5-6,8H2,1H3. The second-order valence-corrected chi connectivity index (χ2v) is 4.29. The van der Waals surface area contributed by atoms with Gasteiger partial charge in [-0.2, -0.15) is 5.26 Å². The second-order valence-electron chi connectivity index (χ2n) is 4.29. The predicted octanol–water partition coefficient (Wildman–Crippen LogP) is 2.18. The van der Waals surface area contributed by atoms with E-state index in [-0.39, 0.29) is 0 Å². The minimum absolute atomic E-state index is 0.383. The molecular formula is C13H17N3O. The molecule has 2 heterocycles. The smallest absolute Gasteiger partial charge is 0.140 e. The van der Waals surface area contributed by atoms with Crippen molar-refractivity contribution in [3.8, 4) is 6.07 Å². The monoisotopic (exact) mass is 231 g/mol. The molecule has 1 aliphatic rings. The Morgan fingerprint density at radius 3 is 3.12 bits per heavy atom. The molecule has 2 atom stereocenters. The molecule has 0 aliphatic carbocycles. The third-order valence-electron chi connectivity index (χ3n) is 3.20. The average Bonchev–Trinajstić information content (AvgIpc) is 2.84. The van der Waals surface area contributed by atoms with E-state index in [1.54, 1.807) is 12.3 Å². The SMILES string of the molecule is CCC1OCCC1CNc1ccc(C#N)nc1. The van der Waals surface area contributed by atoms with Crippen molar-refractivity contribution < 1.29 is 4.74 Å². The van der Waals surface area contributed by atoms with E-state index in [9.17, 15) is 0 Å². The van der Waals surface area contributed by atoms with Gasteiger partial charge < -0.3 is 10.1 Å². The van der Waals surface area contributed by atoms with E-state index in [0.29, 0.717) is 17.7 Å². The number of hydrogen-bond donors (Lipinski definition) is 1. The predicted molar refractivity (Wildman–Crippen MR) is 65.6 cm³/mol. The molecular weight excluding hydrogens is 214 g/mol. The molecule has 4 nitrogen and oxygen atoms in total. The summed E-state index contributed by atoms with van der Waals surface area (Å²) in [5.74, 6) is 0.579. The third-order valence-corrected chi connectivity index (χ3v) is 3.20. The maximum atomic E-state index is 8.65. The zero-order chi connectivity index (χ0) is 12.1. The van der Waals surface area contributed by atoms with Crippen molar-refractivity contribution in [2.24, 2.45) is 5.92 Å². The molecule has 0 bridgehead atoms. The van der Waals surface area contributed by atoms with Gasteiger partial charge >= 0.3 is 0 Å². The summed E-state index contributed by atoms with van der Waals surface area (Å²) < 4.78 is 5.64. The molecule has 0 spiro atoms. The molecule has 1 N–H and O–H groups in total. The van der Waals surface area contributed by atoms with Crippen LogP contribution in [-0.2, 0) is 4.74 Å². The molecule has 0 amide bonds. The van der Waals surface area contributed by atoms with Crippen molar-refractivity contribution in [2.75, 3.05) is 18.5 Å². The average molecular weight is 231 g/mol. The van der Waals surface area contributed by atoms with E-state index in [0.717, 1.165) is 31.7 Å². The van der Waals surface area contributed by atoms with E-state index < -0.39 is 0 Å². The summed E-state index contributed by atoms with van der Waals surface area (Å²) in [6.45, 7) is 3.94. The lowest BCUT2D eigenvalue weighted by Gasteiger charge is -2.17. The normalized spacial score (nSPS) is 23.3. The Morgan fingerprint density at radius 1 is 1.59 bits per heavy atom. The van der Waals surface area contributed by atoms with Gasteiger partial charge in [0.15, 0.2) is 0 Å². The van der Waals surface area contributed by atoms with Crippen molar-refractivity contribution in [3.63, 3.8) is 0 Å². The number of nitriles is 1. The number of pyridine rings is 1. The Kier molecular flexibility index (Phi) is 3.94. The fourth-order valence-electron chi connectivity index (χ4n) is 2.19. The van der Waals surface area contributed by atoms with E-state index in [1.165, 1.54) is 0 Å². The molecule has 0 radical (unpaired) electrons. The summed E-state index contributed by atoms with van der Waals surface area (Å²) in [4.78, 5) is 4.03. The van der Waals surface area contributed by atoms with E-state index >= 15 is 0 Å².